The molecule has 0 N–H and O–H groups in total. The molecule has 1 rings (SSSR count). The van der Waals surface area contributed by atoms with Crippen molar-refractivity contribution in [3.8, 4) is 5.75 Å². The Bertz CT molecular complexity index is 620. The molecule has 1 aromatic rings. The monoisotopic (exact) mass is 364 g/mol. The van der Waals surface area contributed by atoms with E-state index in [-0.39, 0.29) is 16.6 Å². The van der Waals surface area contributed by atoms with E-state index < -0.39 is 20.5 Å². The SMILES string of the molecule is Cc1cccc(OC(=O)N=NC(=O)O[Si](C(C)C)(C(C)C)C(C)C)c1. The highest BCUT2D eigenvalue weighted by Gasteiger charge is 2.48. The highest BCUT2D eigenvalue weighted by atomic mass is 28.4. The van der Waals surface area contributed by atoms with Crippen LogP contribution in [0.2, 0.25) is 16.6 Å². The molecule has 0 aliphatic rings. The van der Waals surface area contributed by atoms with Crippen LogP contribution in [0.5, 0.6) is 5.75 Å². The van der Waals surface area contributed by atoms with Gasteiger partial charge in [0.25, 0.3) is 8.32 Å². The van der Waals surface area contributed by atoms with Crippen LogP contribution in [0.25, 0.3) is 0 Å². The zero-order valence-corrected chi connectivity index (χ0v) is 17.1. The van der Waals surface area contributed by atoms with Crippen molar-refractivity contribution in [1.29, 1.82) is 0 Å². The van der Waals surface area contributed by atoms with E-state index in [0.29, 0.717) is 5.75 Å². The van der Waals surface area contributed by atoms with Crippen LogP contribution in [0, 0.1) is 6.92 Å². The molecule has 7 heteroatoms. The number of hydrogen-bond donors (Lipinski definition) is 0. The minimum absolute atomic E-state index is 0.228. The van der Waals surface area contributed by atoms with Crippen LogP contribution in [0.1, 0.15) is 47.1 Å². The van der Waals surface area contributed by atoms with Crippen LogP contribution in [-0.4, -0.2) is 20.5 Å². The van der Waals surface area contributed by atoms with E-state index in [1.54, 1.807) is 18.2 Å². The number of aryl methyl sites for hydroxylation is 1. The van der Waals surface area contributed by atoms with E-state index in [1.165, 1.54) is 0 Å². The van der Waals surface area contributed by atoms with Crippen molar-refractivity contribution in [1.82, 2.24) is 0 Å². The number of benzene rings is 1. The average Bonchev–Trinajstić information content (AvgIpc) is 2.49. The second-order valence-corrected chi connectivity index (χ2v) is 12.4. The zero-order valence-electron chi connectivity index (χ0n) is 16.1. The molecular weight excluding hydrogens is 336 g/mol. The van der Waals surface area contributed by atoms with E-state index >= 15 is 0 Å². The van der Waals surface area contributed by atoms with E-state index in [0.717, 1.165) is 5.56 Å². The van der Waals surface area contributed by atoms with Crippen LogP contribution >= 0.6 is 0 Å². The number of carbonyl (C=O) groups is 2. The Morgan fingerprint density at radius 1 is 0.920 bits per heavy atom. The van der Waals surface area contributed by atoms with Gasteiger partial charge in [0, 0.05) is 0 Å². The summed E-state index contributed by atoms with van der Waals surface area (Å²) in [7, 11) is -2.40. The first kappa shape index (κ1) is 21.0. The molecule has 0 unspecified atom stereocenters. The Balaban J connectivity index is 2.79. The molecule has 25 heavy (non-hydrogen) atoms. The van der Waals surface area contributed by atoms with Crippen molar-refractivity contribution in [3.05, 3.63) is 29.8 Å². The predicted molar refractivity (Wildman–Crippen MR) is 99.6 cm³/mol. The Morgan fingerprint density at radius 3 is 1.92 bits per heavy atom. The van der Waals surface area contributed by atoms with Crippen LogP contribution in [0.4, 0.5) is 9.59 Å². The van der Waals surface area contributed by atoms with Crippen LogP contribution in [0.3, 0.4) is 0 Å². The molecule has 0 aliphatic heterocycles. The fourth-order valence-corrected chi connectivity index (χ4v) is 8.46. The molecule has 138 valence electrons. The fourth-order valence-electron chi connectivity index (χ4n) is 3.41. The van der Waals surface area contributed by atoms with Crippen molar-refractivity contribution in [3.63, 3.8) is 0 Å². The fraction of sp³-hybridized carbons (Fsp3) is 0.556. The summed E-state index contributed by atoms with van der Waals surface area (Å²) < 4.78 is 10.8. The molecule has 0 aliphatic carbocycles. The third-order valence-electron chi connectivity index (χ3n) is 4.38. The van der Waals surface area contributed by atoms with Gasteiger partial charge in [0.05, 0.1) is 0 Å². The lowest BCUT2D eigenvalue weighted by molar-refractivity contribution is 0.196. The number of azo groups is 1. The summed E-state index contributed by atoms with van der Waals surface area (Å²) in [6.07, 6.45) is -1.78. The lowest BCUT2D eigenvalue weighted by Gasteiger charge is -2.40. The molecule has 0 spiro atoms. The summed E-state index contributed by atoms with van der Waals surface area (Å²) in [4.78, 5) is 23.8. The summed E-state index contributed by atoms with van der Waals surface area (Å²) in [5, 5.41) is 6.72. The smallest absolute Gasteiger partial charge is 0.458 e. The highest BCUT2D eigenvalue weighted by Crippen LogP contribution is 2.42. The van der Waals surface area contributed by atoms with Gasteiger partial charge < -0.3 is 9.16 Å². The third-order valence-corrected chi connectivity index (χ3v) is 10.3. The number of nitrogens with zero attached hydrogens (tertiary/aromatic N) is 2. The molecule has 0 saturated carbocycles. The summed E-state index contributed by atoms with van der Waals surface area (Å²) in [6.45, 7) is 14.2. The molecule has 0 aromatic heterocycles. The van der Waals surface area contributed by atoms with Gasteiger partial charge in [-0.15, -0.1) is 0 Å². The standard InChI is InChI=1S/C18H28N2O4Si/c1-12(2)25(13(3)4,14(5)6)24-18(22)20-19-17(21)23-16-10-8-9-15(7)11-16/h8-14H,1-7H3. The number of hydrogen-bond acceptors (Lipinski definition) is 4. The zero-order chi connectivity index (χ0) is 19.2. The number of amides is 2. The Morgan fingerprint density at radius 2 is 1.44 bits per heavy atom. The van der Waals surface area contributed by atoms with Crippen LogP contribution in [-0.2, 0) is 4.43 Å². The minimum atomic E-state index is -2.40. The quantitative estimate of drug-likeness (QED) is 0.456. The van der Waals surface area contributed by atoms with Gasteiger partial charge in [-0.25, -0.2) is 9.59 Å². The molecule has 0 atom stereocenters. The van der Waals surface area contributed by atoms with E-state index in [2.05, 4.69) is 51.8 Å². The molecule has 0 heterocycles. The largest absolute Gasteiger partial charge is 0.500 e. The molecular formula is C18H28N2O4Si. The lowest BCUT2D eigenvalue weighted by Crippen LogP contribution is -2.48. The predicted octanol–water partition coefficient (Wildman–Crippen LogP) is 6.26. The summed E-state index contributed by atoms with van der Waals surface area (Å²) in [5.41, 5.74) is 1.63. The molecule has 0 radical (unpaired) electrons. The van der Waals surface area contributed by atoms with Crippen molar-refractivity contribution >= 4 is 20.5 Å². The van der Waals surface area contributed by atoms with Gasteiger partial charge in [0.1, 0.15) is 5.75 Å². The second kappa shape index (κ2) is 8.89. The molecule has 2 amide bonds. The van der Waals surface area contributed by atoms with E-state index in [1.807, 2.05) is 13.0 Å². The molecule has 0 fully saturated rings. The molecule has 0 bridgehead atoms. The van der Waals surface area contributed by atoms with Crippen molar-refractivity contribution in [2.45, 2.75) is 65.1 Å². The first-order valence-electron chi connectivity index (χ1n) is 8.52. The molecule has 0 saturated heterocycles. The molecule has 1 aromatic carbocycles. The van der Waals surface area contributed by atoms with Crippen LogP contribution in [0.15, 0.2) is 34.5 Å². The van der Waals surface area contributed by atoms with Gasteiger partial charge in [0.15, 0.2) is 0 Å². The van der Waals surface area contributed by atoms with Crippen molar-refractivity contribution in [2.24, 2.45) is 10.2 Å². The van der Waals surface area contributed by atoms with Gasteiger partial charge in [-0.1, -0.05) is 63.9 Å². The maximum Gasteiger partial charge on any atom is 0.458 e. The Kier molecular flexibility index (Phi) is 7.48. The first-order valence-corrected chi connectivity index (χ1v) is 10.7. The second-order valence-electron chi connectivity index (χ2n) is 7.07. The summed E-state index contributed by atoms with van der Waals surface area (Å²) in [5.74, 6) is 0.354. The number of rotatable bonds is 5. The molecule has 6 nitrogen and oxygen atoms in total. The topological polar surface area (TPSA) is 77.3 Å². The maximum absolute atomic E-state index is 12.1. The average molecular weight is 365 g/mol. The Labute approximate surface area is 150 Å². The van der Waals surface area contributed by atoms with Crippen LogP contribution < -0.4 is 4.74 Å². The highest BCUT2D eigenvalue weighted by molar-refractivity contribution is 6.78. The lowest BCUT2D eigenvalue weighted by atomic mass is 10.2. The van der Waals surface area contributed by atoms with Gasteiger partial charge in [-0.3, -0.25) is 0 Å². The summed E-state index contributed by atoms with van der Waals surface area (Å²) >= 11 is 0. The summed E-state index contributed by atoms with van der Waals surface area (Å²) in [6, 6.07) is 6.97. The van der Waals surface area contributed by atoms with Gasteiger partial charge >= 0.3 is 12.2 Å². The maximum atomic E-state index is 12.1. The van der Waals surface area contributed by atoms with Gasteiger partial charge in [-0.05, 0) is 41.2 Å². The normalized spacial score (nSPS) is 12.2. The van der Waals surface area contributed by atoms with Crippen molar-refractivity contribution < 1.29 is 18.8 Å². The first-order chi connectivity index (χ1) is 11.6. The number of ether oxygens (including phenoxy) is 1. The van der Waals surface area contributed by atoms with Crippen molar-refractivity contribution in [2.75, 3.05) is 0 Å². The minimum Gasteiger partial charge on any atom is -0.500 e. The van der Waals surface area contributed by atoms with Gasteiger partial charge in [0.2, 0.25) is 0 Å². The van der Waals surface area contributed by atoms with E-state index in [9.17, 15) is 9.59 Å². The third kappa shape index (κ3) is 5.49. The Hall–Kier alpha value is -2.02. The van der Waals surface area contributed by atoms with Gasteiger partial charge in [-0.2, -0.15) is 0 Å². The van der Waals surface area contributed by atoms with E-state index in [4.69, 9.17) is 9.16 Å². The number of carbonyl (C=O) groups excluding carboxylic acids is 2.